The van der Waals surface area contributed by atoms with E-state index in [9.17, 15) is 0 Å². The summed E-state index contributed by atoms with van der Waals surface area (Å²) in [6, 6.07) is 34.4. The number of unbranched alkanes of at least 4 members (excludes halogenated alkanes) is 32. The number of fused-ring (bicyclic) bond motifs is 2. The maximum Gasteiger partial charge on any atom is 0.259 e. The molecule has 0 saturated carbocycles. The summed E-state index contributed by atoms with van der Waals surface area (Å²) in [4.78, 5) is 39.9. The summed E-state index contributed by atoms with van der Waals surface area (Å²) >= 11 is 3.60. The predicted octanol–water partition coefficient (Wildman–Crippen LogP) is 26.3. The number of anilines is 2. The molecule has 8 rings (SSSR count). The van der Waals surface area contributed by atoms with E-state index in [0.29, 0.717) is 57.1 Å². The molecule has 536 valence electrons. The maximum absolute atomic E-state index is 15.7. The van der Waals surface area contributed by atoms with Crippen LogP contribution in [0, 0.1) is 13.8 Å². The van der Waals surface area contributed by atoms with Gasteiger partial charge < -0.3 is 28.7 Å². The molecule has 10 heteroatoms. The van der Waals surface area contributed by atoms with E-state index in [-0.39, 0.29) is 11.8 Å². The SMILES string of the molecule is CCCCCCCCCCCCCCCCOc1cc(CCCN2C(=O)/C(=C3/C(=O)N(CCCc4cc(OCCCCCC)cc(OCCCCCC)c4)c4cc(C)ccc43)c3ccc(-c4ccc(-c5ccc(C)s5)s4)cc32)cc(OCCCCCCCCCCCCCCCC)c1. The molecular formula is C88H126N2O6S2. The summed E-state index contributed by atoms with van der Waals surface area (Å²) in [7, 11) is 0. The highest BCUT2D eigenvalue weighted by Gasteiger charge is 2.42. The van der Waals surface area contributed by atoms with Gasteiger partial charge in [0.1, 0.15) is 23.0 Å². The average Bonchev–Trinajstić information content (AvgIpc) is 1.58. The summed E-state index contributed by atoms with van der Waals surface area (Å²) in [5.74, 6) is 3.17. The van der Waals surface area contributed by atoms with Crippen LogP contribution in [0.1, 0.15) is 304 Å². The minimum atomic E-state index is -0.119. The van der Waals surface area contributed by atoms with Gasteiger partial charge in [-0.2, -0.15) is 0 Å². The van der Waals surface area contributed by atoms with Crippen LogP contribution in [0.4, 0.5) is 11.4 Å². The van der Waals surface area contributed by atoms with E-state index >= 15 is 9.59 Å². The molecule has 0 atom stereocenters. The molecule has 4 aromatic carbocycles. The Bertz CT molecular complexity index is 3210. The molecule has 6 aromatic rings. The van der Waals surface area contributed by atoms with Gasteiger partial charge in [-0.1, -0.05) is 257 Å². The number of ether oxygens (including phenoxy) is 4. The van der Waals surface area contributed by atoms with E-state index in [1.54, 1.807) is 11.3 Å². The molecule has 0 bridgehead atoms. The van der Waals surface area contributed by atoms with Crippen LogP contribution < -0.4 is 28.7 Å². The highest BCUT2D eigenvalue weighted by Crippen LogP contribution is 2.49. The summed E-state index contributed by atoms with van der Waals surface area (Å²) in [6.07, 6.45) is 49.3. The fraction of sp³-hybridized carbons (Fsp3) is 0.591. The first-order valence-corrected chi connectivity index (χ1v) is 41.4. The molecule has 0 radical (unpaired) electrons. The minimum Gasteiger partial charge on any atom is -0.493 e. The molecule has 8 nitrogen and oxygen atoms in total. The van der Waals surface area contributed by atoms with Crippen LogP contribution in [0.3, 0.4) is 0 Å². The minimum absolute atomic E-state index is 0.118. The van der Waals surface area contributed by atoms with Gasteiger partial charge in [-0.3, -0.25) is 9.59 Å². The van der Waals surface area contributed by atoms with Crippen molar-refractivity contribution in [3.63, 3.8) is 0 Å². The van der Waals surface area contributed by atoms with Crippen LogP contribution in [0.5, 0.6) is 23.0 Å². The molecule has 0 saturated heterocycles. The van der Waals surface area contributed by atoms with Gasteiger partial charge in [-0.05, 0) is 148 Å². The molecule has 2 aliphatic rings. The first-order valence-electron chi connectivity index (χ1n) is 39.8. The molecular weight excluding hydrogens is 1250 g/mol. The quantitative estimate of drug-likeness (QED) is 0.0280. The summed E-state index contributed by atoms with van der Waals surface area (Å²) in [5.41, 5.74) is 8.76. The van der Waals surface area contributed by atoms with E-state index in [0.717, 1.165) is 130 Å². The van der Waals surface area contributed by atoms with E-state index in [1.165, 1.54) is 207 Å². The van der Waals surface area contributed by atoms with Gasteiger partial charge >= 0.3 is 0 Å². The number of thiophene rings is 2. The van der Waals surface area contributed by atoms with Crippen molar-refractivity contribution in [1.29, 1.82) is 0 Å². The lowest BCUT2D eigenvalue weighted by Crippen LogP contribution is -2.30. The van der Waals surface area contributed by atoms with Crippen molar-refractivity contribution in [2.45, 2.75) is 298 Å². The van der Waals surface area contributed by atoms with Crippen molar-refractivity contribution in [2.24, 2.45) is 0 Å². The number of benzene rings is 4. The fourth-order valence-corrected chi connectivity index (χ4v) is 16.2. The number of aryl methyl sites for hydroxylation is 4. The molecule has 2 amide bonds. The second-order valence-corrected chi connectivity index (χ2v) is 30.9. The molecule has 0 aliphatic carbocycles. The van der Waals surface area contributed by atoms with Crippen molar-refractivity contribution in [2.75, 3.05) is 49.3 Å². The van der Waals surface area contributed by atoms with Gasteiger partial charge in [0.05, 0.1) is 48.9 Å². The normalized spacial score (nSPS) is 13.5. The average molecular weight is 1370 g/mol. The van der Waals surface area contributed by atoms with Gasteiger partial charge in [0.2, 0.25) is 0 Å². The van der Waals surface area contributed by atoms with Crippen LogP contribution >= 0.6 is 22.7 Å². The van der Waals surface area contributed by atoms with Crippen molar-refractivity contribution < 1.29 is 28.5 Å². The molecule has 2 aliphatic heterocycles. The maximum atomic E-state index is 15.7. The largest absolute Gasteiger partial charge is 0.493 e. The zero-order valence-electron chi connectivity index (χ0n) is 61.9. The Hall–Kier alpha value is -5.84. The monoisotopic (exact) mass is 1370 g/mol. The highest BCUT2D eigenvalue weighted by molar-refractivity contribution is 7.23. The van der Waals surface area contributed by atoms with Gasteiger partial charge in [0, 0.05) is 55.9 Å². The lowest BCUT2D eigenvalue weighted by molar-refractivity contribution is -0.114. The number of rotatable bonds is 54. The number of carbonyl (C=O) groups excluding carboxylic acids is 2. The van der Waals surface area contributed by atoms with E-state index < -0.39 is 0 Å². The van der Waals surface area contributed by atoms with Gasteiger partial charge in [0.15, 0.2) is 0 Å². The Balaban J connectivity index is 0.960. The van der Waals surface area contributed by atoms with Crippen molar-refractivity contribution in [1.82, 2.24) is 0 Å². The molecule has 0 N–H and O–H groups in total. The topological polar surface area (TPSA) is 77.5 Å². The lowest BCUT2D eigenvalue weighted by atomic mass is 9.95. The number of amides is 2. The Labute approximate surface area is 602 Å². The van der Waals surface area contributed by atoms with Crippen LogP contribution in [-0.4, -0.2) is 51.3 Å². The summed E-state index contributed by atoms with van der Waals surface area (Å²) < 4.78 is 25.9. The van der Waals surface area contributed by atoms with E-state index in [2.05, 4.69) is 133 Å². The van der Waals surface area contributed by atoms with Crippen LogP contribution in [0.15, 0.2) is 97.1 Å². The van der Waals surface area contributed by atoms with Gasteiger partial charge in [-0.25, -0.2) is 0 Å². The van der Waals surface area contributed by atoms with Crippen LogP contribution in [0.2, 0.25) is 0 Å². The van der Waals surface area contributed by atoms with E-state index in [4.69, 9.17) is 18.9 Å². The molecule has 0 spiro atoms. The summed E-state index contributed by atoms with van der Waals surface area (Å²) in [6.45, 7) is 17.0. The fourth-order valence-electron chi connectivity index (χ4n) is 14.2. The number of carbonyl (C=O) groups is 2. The van der Waals surface area contributed by atoms with Crippen molar-refractivity contribution in [3.05, 3.63) is 130 Å². The second-order valence-electron chi connectivity index (χ2n) is 28.5. The smallest absolute Gasteiger partial charge is 0.259 e. The lowest BCUT2D eigenvalue weighted by Gasteiger charge is -2.19. The van der Waals surface area contributed by atoms with Gasteiger partial charge in [-0.15, -0.1) is 22.7 Å². The Kier molecular flexibility index (Phi) is 35.9. The Morgan fingerprint density at radius 1 is 0.316 bits per heavy atom. The van der Waals surface area contributed by atoms with Crippen LogP contribution in [0.25, 0.3) is 31.3 Å². The number of hydrogen-bond donors (Lipinski definition) is 0. The zero-order chi connectivity index (χ0) is 68.8. The summed E-state index contributed by atoms with van der Waals surface area (Å²) in [5, 5.41) is 0. The Morgan fingerprint density at radius 3 is 1.02 bits per heavy atom. The van der Waals surface area contributed by atoms with Crippen LogP contribution in [-0.2, 0) is 22.4 Å². The number of nitrogens with zero attached hydrogens (tertiary/aromatic N) is 2. The zero-order valence-corrected chi connectivity index (χ0v) is 63.6. The molecule has 2 aromatic heterocycles. The Morgan fingerprint density at radius 2 is 0.643 bits per heavy atom. The highest BCUT2D eigenvalue weighted by atomic mass is 32.1. The van der Waals surface area contributed by atoms with Crippen molar-refractivity contribution >= 4 is 57.0 Å². The first-order chi connectivity index (χ1) is 48.2. The standard InChI is InChI=1S/C88H126N2O6S2/c1-7-11-15-19-21-23-25-27-29-31-33-35-37-41-59-95-76-64-72(65-77(68-76)96-60-42-38-36-34-32-30-28-26-24-22-20-16-12-8-2)46-44-56-90-81-66-73(82-53-54-84(98-82)83-52-48-70(6)97-83)49-51-79(81)86(88(90)92)85-78-50-47-69(5)61-80(78)89(87(85)91)55-43-45-71-62-74(93-57-39-17-13-9-3)67-75(63-71)94-58-40-18-14-10-4/h47-54,61-68H,7-46,55-60H2,1-6H3/b86-85+. The predicted molar refractivity (Wildman–Crippen MR) is 421 cm³/mol. The molecule has 98 heavy (non-hydrogen) atoms. The number of hydrogen-bond acceptors (Lipinski definition) is 8. The third kappa shape index (κ3) is 26.0. The van der Waals surface area contributed by atoms with E-state index in [1.807, 2.05) is 27.2 Å². The third-order valence-electron chi connectivity index (χ3n) is 20.0. The molecule has 4 heterocycles. The van der Waals surface area contributed by atoms with Crippen molar-refractivity contribution in [3.8, 4) is 43.2 Å². The first kappa shape index (κ1) is 77.9. The molecule has 0 fully saturated rings. The van der Waals surface area contributed by atoms with Gasteiger partial charge in [0.25, 0.3) is 11.8 Å². The molecule has 0 unspecified atom stereocenters. The third-order valence-corrected chi connectivity index (χ3v) is 22.3. The second kappa shape index (κ2) is 45.1.